The van der Waals surface area contributed by atoms with Crippen LogP contribution in [0.2, 0.25) is 0 Å². The quantitative estimate of drug-likeness (QED) is 0.647. The Morgan fingerprint density at radius 1 is 1.19 bits per heavy atom. The predicted molar refractivity (Wildman–Crippen MR) is 108 cm³/mol. The highest BCUT2D eigenvalue weighted by atomic mass is 32.1. The van der Waals surface area contributed by atoms with E-state index in [1.54, 1.807) is 12.3 Å². The maximum absolute atomic E-state index is 12.3. The van der Waals surface area contributed by atoms with Gasteiger partial charge >= 0.3 is 0 Å². The average molecular weight is 387 g/mol. The number of carbonyl (C=O) groups excluding carboxylic acids is 2. The molecule has 1 saturated carbocycles. The number of hydrogen-bond acceptors (Lipinski definition) is 5. The summed E-state index contributed by atoms with van der Waals surface area (Å²) in [5.41, 5.74) is 0. The van der Waals surface area contributed by atoms with E-state index in [-0.39, 0.29) is 24.5 Å². The number of amides is 1. The largest absolute Gasteiger partial charge is 0.489 e. The lowest BCUT2D eigenvalue weighted by Gasteiger charge is -2.22. The van der Waals surface area contributed by atoms with Crippen molar-refractivity contribution in [3.05, 3.63) is 40.2 Å². The van der Waals surface area contributed by atoms with Gasteiger partial charge in [0.2, 0.25) is 5.91 Å². The van der Waals surface area contributed by atoms with Gasteiger partial charge in [0.05, 0.1) is 11.5 Å². The minimum absolute atomic E-state index is 0.00181. The summed E-state index contributed by atoms with van der Waals surface area (Å²) in [6, 6.07) is 7.36. The summed E-state index contributed by atoms with van der Waals surface area (Å²) in [6.07, 6.45) is 8.20. The molecule has 3 rings (SSSR count). The van der Waals surface area contributed by atoms with E-state index in [2.05, 4.69) is 10.3 Å². The van der Waals surface area contributed by atoms with Crippen molar-refractivity contribution < 1.29 is 14.3 Å². The number of aromatic nitrogens is 1. The van der Waals surface area contributed by atoms with E-state index in [9.17, 15) is 9.59 Å². The normalized spacial score (nSPS) is 14.7. The molecule has 144 valence electrons. The molecule has 0 aliphatic heterocycles. The molecule has 2 aromatic heterocycles. The fraction of sp³-hybridized carbons (Fsp3) is 0.476. The topological polar surface area (TPSA) is 68.3 Å². The van der Waals surface area contributed by atoms with Crippen molar-refractivity contribution in [3.8, 4) is 5.75 Å². The lowest BCUT2D eigenvalue weighted by molar-refractivity contribution is -0.116. The van der Waals surface area contributed by atoms with Gasteiger partial charge in [-0.1, -0.05) is 19.3 Å². The molecule has 0 saturated heterocycles. The van der Waals surface area contributed by atoms with Crippen LogP contribution in [0.25, 0.3) is 0 Å². The molecular weight excluding hydrogens is 360 g/mol. The molecule has 6 heteroatoms. The number of rotatable bonds is 8. The van der Waals surface area contributed by atoms with E-state index in [1.807, 2.05) is 25.1 Å². The lowest BCUT2D eigenvalue weighted by Crippen LogP contribution is -2.18. The minimum Gasteiger partial charge on any atom is -0.489 e. The summed E-state index contributed by atoms with van der Waals surface area (Å²) in [5.74, 6) is 1.37. The molecule has 2 aromatic rings. The minimum atomic E-state index is -0.224. The zero-order valence-electron chi connectivity index (χ0n) is 15.7. The molecule has 0 bridgehead atoms. The predicted octanol–water partition coefficient (Wildman–Crippen LogP) is 5.01. The van der Waals surface area contributed by atoms with Crippen molar-refractivity contribution in [1.29, 1.82) is 0 Å². The second-order valence-corrected chi connectivity index (χ2v) is 8.33. The van der Waals surface area contributed by atoms with Crippen LogP contribution in [0.4, 0.5) is 5.82 Å². The smallest absolute Gasteiger partial charge is 0.226 e. The molecule has 1 aliphatic rings. The number of hydrogen-bond donors (Lipinski definition) is 1. The number of aryl methyl sites for hydroxylation is 1. The third-order valence-electron chi connectivity index (χ3n) is 4.82. The van der Waals surface area contributed by atoms with Crippen molar-refractivity contribution in [2.75, 3.05) is 11.9 Å². The fourth-order valence-electron chi connectivity index (χ4n) is 3.29. The van der Waals surface area contributed by atoms with Crippen LogP contribution in [0, 0.1) is 12.8 Å². The second kappa shape index (κ2) is 9.65. The Hall–Kier alpha value is -2.21. The van der Waals surface area contributed by atoms with Crippen LogP contribution >= 0.6 is 11.3 Å². The third kappa shape index (κ3) is 5.89. The Morgan fingerprint density at radius 3 is 2.74 bits per heavy atom. The second-order valence-electron chi connectivity index (χ2n) is 7.05. The van der Waals surface area contributed by atoms with Gasteiger partial charge in [0.15, 0.2) is 17.4 Å². The van der Waals surface area contributed by atoms with Gasteiger partial charge < -0.3 is 10.1 Å². The first-order chi connectivity index (χ1) is 13.1. The molecule has 0 radical (unpaired) electrons. The Balaban J connectivity index is 1.50. The molecule has 1 aliphatic carbocycles. The summed E-state index contributed by atoms with van der Waals surface area (Å²) in [5, 5.41) is 2.79. The van der Waals surface area contributed by atoms with E-state index in [0.717, 1.165) is 4.88 Å². The number of anilines is 1. The first-order valence-corrected chi connectivity index (χ1v) is 10.4. The number of nitrogens with zero attached hydrogens (tertiary/aromatic N) is 1. The molecule has 0 unspecified atom stereocenters. The summed E-state index contributed by atoms with van der Waals surface area (Å²) in [7, 11) is 0. The van der Waals surface area contributed by atoms with E-state index in [4.69, 9.17) is 4.74 Å². The van der Waals surface area contributed by atoms with Crippen molar-refractivity contribution in [1.82, 2.24) is 4.98 Å². The van der Waals surface area contributed by atoms with E-state index in [1.165, 1.54) is 43.4 Å². The van der Waals surface area contributed by atoms with Crippen LogP contribution in [0.15, 0.2) is 30.5 Å². The van der Waals surface area contributed by atoms with Gasteiger partial charge in [-0.25, -0.2) is 4.98 Å². The van der Waals surface area contributed by atoms with Crippen LogP contribution in [0.3, 0.4) is 0 Å². The number of carbonyl (C=O) groups is 2. The zero-order valence-corrected chi connectivity index (χ0v) is 16.5. The van der Waals surface area contributed by atoms with Crippen molar-refractivity contribution in [2.24, 2.45) is 5.92 Å². The molecule has 1 N–H and O–H groups in total. The number of thiophene rings is 1. The van der Waals surface area contributed by atoms with Crippen LogP contribution in [0.5, 0.6) is 5.75 Å². The molecule has 27 heavy (non-hydrogen) atoms. The molecule has 5 nitrogen and oxygen atoms in total. The van der Waals surface area contributed by atoms with Crippen molar-refractivity contribution in [3.63, 3.8) is 0 Å². The number of nitrogens with one attached hydrogen (secondary N) is 1. The molecule has 1 fully saturated rings. The zero-order chi connectivity index (χ0) is 19.1. The van der Waals surface area contributed by atoms with Crippen LogP contribution < -0.4 is 10.1 Å². The van der Waals surface area contributed by atoms with Crippen LogP contribution in [0.1, 0.15) is 59.5 Å². The van der Waals surface area contributed by atoms with Gasteiger partial charge in [-0.2, -0.15) is 0 Å². The standard InChI is InChI=1S/C21H26N2O3S/c1-15-9-11-19(27-15)17(24)10-12-20(25)23-21-18(8-5-13-22-21)26-14-16-6-3-2-4-7-16/h5,8-9,11,13,16H,2-4,6-7,10,12,14H2,1H3,(H,22,23,25). The number of ether oxygens (including phenoxy) is 1. The monoisotopic (exact) mass is 386 g/mol. The highest BCUT2D eigenvalue weighted by Gasteiger charge is 2.16. The van der Waals surface area contributed by atoms with Crippen LogP contribution in [-0.4, -0.2) is 23.3 Å². The molecule has 0 atom stereocenters. The van der Waals surface area contributed by atoms with Crippen molar-refractivity contribution in [2.45, 2.75) is 51.9 Å². The SMILES string of the molecule is Cc1ccc(C(=O)CCC(=O)Nc2ncccc2OCC2CCCCC2)s1. The van der Waals surface area contributed by atoms with Crippen LogP contribution in [-0.2, 0) is 4.79 Å². The first kappa shape index (κ1) is 19.5. The maximum atomic E-state index is 12.3. The van der Waals surface area contributed by atoms with Gasteiger partial charge in [0.1, 0.15) is 0 Å². The molecular formula is C21H26N2O3S. The van der Waals surface area contributed by atoms with E-state index >= 15 is 0 Å². The maximum Gasteiger partial charge on any atom is 0.226 e. The van der Waals surface area contributed by atoms with Gasteiger partial charge in [-0.3, -0.25) is 9.59 Å². The van der Waals surface area contributed by atoms with Gasteiger partial charge in [0.25, 0.3) is 0 Å². The highest BCUT2D eigenvalue weighted by Crippen LogP contribution is 2.27. The van der Waals surface area contributed by atoms with E-state index < -0.39 is 0 Å². The first-order valence-electron chi connectivity index (χ1n) is 9.59. The molecule has 1 amide bonds. The Kier molecular flexibility index (Phi) is 6.98. The van der Waals surface area contributed by atoms with Gasteiger partial charge in [-0.05, 0) is 49.9 Å². The summed E-state index contributed by atoms with van der Waals surface area (Å²) in [4.78, 5) is 30.4. The Labute approximate surface area is 164 Å². The summed E-state index contributed by atoms with van der Waals surface area (Å²) >= 11 is 1.46. The molecule has 0 spiro atoms. The van der Waals surface area contributed by atoms with Gasteiger partial charge in [-0.15, -0.1) is 11.3 Å². The average Bonchev–Trinajstić information content (AvgIpc) is 3.13. The third-order valence-corrected chi connectivity index (χ3v) is 5.86. The molecule has 0 aromatic carbocycles. The number of pyridine rings is 1. The number of ketones is 1. The fourth-order valence-corrected chi connectivity index (χ4v) is 4.13. The van der Waals surface area contributed by atoms with E-state index in [0.29, 0.717) is 29.0 Å². The lowest BCUT2D eigenvalue weighted by atomic mass is 9.90. The Bertz CT molecular complexity index is 781. The van der Waals surface area contributed by atoms with Gasteiger partial charge in [0, 0.05) is 23.9 Å². The van der Waals surface area contributed by atoms with Crippen molar-refractivity contribution >= 4 is 28.8 Å². The number of Topliss-reactive ketones (excluding diaryl/α,β-unsaturated/α-hetero) is 1. The highest BCUT2D eigenvalue weighted by molar-refractivity contribution is 7.14. The summed E-state index contributed by atoms with van der Waals surface area (Å²) < 4.78 is 5.93. The Morgan fingerprint density at radius 2 is 2.00 bits per heavy atom. The summed E-state index contributed by atoms with van der Waals surface area (Å²) in [6.45, 7) is 2.62. The molecule has 2 heterocycles.